The van der Waals surface area contributed by atoms with E-state index in [-0.39, 0.29) is 0 Å². The first-order valence-corrected chi connectivity index (χ1v) is 10.5. The molecule has 2 heteroatoms. The monoisotopic (exact) mass is 328 g/mol. The lowest BCUT2D eigenvalue weighted by atomic mass is 9.88. The summed E-state index contributed by atoms with van der Waals surface area (Å²) in [5, 5.41) is 1.11. The lowest BCUT2D eigenvalue weighted by Gasteiger charge is -2.26. The van der Waals surface area contributed by atoms with Crippen LogP contribution in [-0.2, 0) is 12.8 Å². The Morgan fingerprint density at radius 2 is 1.14 bits per heavy atom. The summed E-state index contributed by atoms with van der Waals surface area (Å²) in [5.41, 5.74) is 9.09. The predicted molar refractivity (Wildman–Crippen MR) is 102 cm³/mol. The van der Waals surface area contributed by atoms with Gasteiger partial charge in [0.25, 0.3) is 0 Å². The second-order valence-electron chi connectivity index (χ2n) is 6.12. The zero-order valence-electron chi connectivity index (χ0n) is 13.8. The molecule has 0 amide bonds. The van der Waals surface area contributed by atoms with Crippen molar-refractivity contribution in [1.82, 2.24) is 0 Å². The van der Waals surface area contributed by atoms with Crippen LogP contribution in [-0.4, -0.2) is 12.5 Å². The van der Waals surface area contributed by atoms with E-state index >= 15 is 0 Å². The van der Waals surface area contributed by atoms with Crippen LogP contribution in [0.5, 0.6) is 0 Å². The molecule has 3 rings (SSSR count). The van der Waals surface area contributed by atoms with Crippen molar-refractivity contribution in [3.63, 3.8) is 0 Å². The molecule has 0 N–H and O–H groups in total. The first kappa shape index (κ1) is 16.0. The van der Waals surface area contributed by atoms with E-state index in [1.165, 1.54) is 33.4 Å². The van der Waals surface area contributed by atoms with Crippen molar-refractivity contribution >= 4 is 23.5 Å². The van der Waals surface area contributed by atoms with Crippen molar-refractivity contribution in [2.75, 3.05) is 12.5 Å². The molecule has 2 aromatic rings. The van der Waals surface area contributed by atoms with Gasteiger partial charge in [0.2, 0.25) is 0 Å². The lowest BCUT2D eigenvalue weighted by molar-refractivity contribution is 0.854. The van der Waals surface area contributed by atoms with E-state index in [1.54, 1.807) is 0 Å². The Kier molecular flexibility index (Phi) is 4.89. The third kappa shape index (κ3) is 2.83. The molecule has 0 saturated carbocycles. The van der Waals surface area contributed by atoms with Crippen LogP contribution < -0.4 is 0 Å². The maximum atomic E-state index is 2.33. The smallest absolute Gasteiger partial charge is 0.0337 e. The van der Waals surface area contributed by atoms with Crippen molar-refractivity contribution in [3.05, 3.63) is 69.8 Å². The van der Waals surface area contributed by atoms with Crippen LogP contribution in [0.3, 0.4) is 0 Å². The maximum Gasteiger partial charge on any atom is 0.0337 e. The van der Waals surface area contributed by atoms with Gasteiger partial charge in [-0.05, 0) is 72.6 Å². The summed E-state index contributed by atoms with van der Waals surface area (Å²) in [6.45, 7) is 4.63. The van der Waals surface area contributed by atoms with Gasteiger partial charge in [0, 0.05) is 10.5 Å². The minimum Gasteiger partial charge on any atom is -0.157 e. The number of benzene rings is 2. The Hall–Kier alpha value is -0.860. The Bertz CT molecular complexity index is 616. The molecular weight excluding hydrogens is 304 g/mol. The number of rotatable bonds is 2. The van der Waals surface area contributed by atoms with Gasteiger partial charge in [0.05, 0.1) is 0 Å². The molecule has 0 heterocycles. The van der Waals surface area contributed by atoms with Gasteiger partial charge < -0.3 is 0 Å². The van der Waals surface area contributed by atoms with Gasteiger partial charge in [-0.3, -0.25) is 0 Å². The molecule has 116 valence electrons. The van der Waals surface area contributed by atoms with Crippen molar-refractivity contribution in [2.24, 2.45) is 0 Å². The molecule has 4 bridgehead atoms. The van der Waals surface area contributed by atoms with Crippen LogP contribution >= 0.6 is 23.5 Å². The topological polar surface area (TPSA) is 0 Å². The number of fused-ring (bicyclic) bond motifs is 4. The van der Waals surface area contributed by atoms with Gasteiger partial charge in [-0.1, -0.05) is 36.4 Å². The summed E-state index contributed by atoms with van der Waals surface area (Å²) >= 11 is 3.96. The van der Waals surface area contributed by atoms with Crippen molar-refractivity contribution < 1.29 is 0 Å². The van der Waals surface area contributed by atoms with Crippen LogP contribution in [0.4, 0.5) is 0 Å². The number of hydrogen-bond acceptors (Lipinski definition) is 2. The van der Waals surface area contributed by atoms with Gasteiger partial charge in [-0.2, -0.15) is 23.5 Å². The Morgan fingerprint density at radius 1 is 0.727 bits per heavy atom. The molecule has 0 radical (unpaired) electrons. The fourth-order valence-electron chi connectivity index (χ4n) is 3.59. The van der Waals surface area contributed by atoms with Crippen LogP contribution in [0.2, 0.25) is 0 Å². The Morgan fingerprint density at radius 3 is 1.50 bits per heavy atom. The molecule has 22 heavy (non-hydrogen) atoms. The summed E-state index contributed by atoms with van der Waals surface area (Å²) < 4.78 is 0. The minimum absolute atomic E-state index is 0.555. The summed E-state index contributed by atoms with van der Waals surface area (Å²) in [6, 6.07) is 13.8. The first-order valence-electron chi connectivity index (χ1n) is 7.88. The van der Waals surface area contributed by atoms with Crippen LogP contribution in [0.1, 0.15) is 43.9 Å². The van der Waals surface area contributed by atoms with Gasteiger partial charge in [-0.15, -0.1) is 0 Å². The second-order valence-corrected chi connectivity index (χ2v) is 8.20. The molecule has 0 spiro atoms. The largest absolute Gasteiger partial charge is 0.157 e. The van der Waals surface area contributed by atoms with E-state index in [1.807, 2.05) is 23.5 Å². The Labute approximate surface area is 143 Å². The quantitative estimate of drug-likeness (QED) is 0.672. The zero-order chi connectivity index (χ0) is 15.7. The molecule has 0 unspecified atom stereocenters. The third-order valence-corrected chi connectivity index (χ3v) is 7.03. The normalized spacial score (nSPS) is 20.7. The average Bonchev–Trinajstić information content (AvgIpc) is 2.53. The van der Waals surface area contributed by atoms with Gasteiger partial charge in [-0.25, -0.2) is 0 Å². The SMILES string of the molecule is CS[C@H]1Cc2cccc(c2C)[C@H](SC)Cc2cccc1c2C. The standard InChI is InChI=1S/C20H24S2/c1-13-15-7-5-9-17(13)19(21-3)12-16-8-6-10-18(14(16)2)20(11-15)22-4/h5-10,19-20H,11-12H2,1-4H3/t19-,20+. The van der Waals surface area contributed by atoms with Crippen LogP contribution in [0, 0.1) is 13.8 Å². The van der Waals surface area contributed by atoms with E-state index in [2.05, 4.69) is 62.8 Å². The average molecular weight is 329 g/mol. The number of thioether (sulfide) groups is 2. The molecule has 0 nitrogen and oxygen atoms in total. The number of hydrogen-bond donors (Lipinski definition) is 0. The molecule has 1 aliphatic rings. The van der Waals surface area contributed by atoms with Gasteiger partial charge in [0.15, 0.2) is 0 Å². The highest BCUT2D eigenvalue weighted by atomic mass is 32.2. The van der Waals surface area contributed by atoms with E-state index in [0.29, 0.717) is 10.5 Å². The molecular formula is C20H24S2. The fourth-order valence-corrected chi connectivity index (χ4v) is 5.30. The third-order valence-electron chi connectivity index (χ3n) is 5.05. The molecule has 2 aromatic carbocycles. The van der Waals surface area contributed by atoms with E-state index in [9.17, 15) is 0 Å². The van der Waals surface area contributed by atoms with Gasteiger partial charge in [0.1, 0.15) is 0 Å². The molecule has 2 atom stereocenters. The van der Waals surface area contributed by atoms with Crippen molar-refractivity contribution in [3.8, 4) is 0 Å². The zero-order valence-corrected chi connectivity index (χ0v) is 15.5. The van der Waals surface area contributed by atoms with E-state index in [4.69, 9.17) is 0 Å². The minimum atomic E-state index is 0.555. The summed E-state index contributed by atoms with van der Waals surface area (Å²) in [6.07, 6.45) is 6.75. The molecule has 0 saturated heterocycles. The maximum absolute atomic E-state index is 2.33. The highest BCUT2D eigenvalue weighted by molar-refractivity contribution is 7.99. The Balaban J connectivity index is 2.19. The van der Waals surface area contributed by atoms with Crippen LogP contribution in [0.15, 0.2) is 36.4 Å². The molecule has 1 aliphatic carbocycles. The lowest BCUT2D eigenvalue weighted by Crippen LogP contribution is -2.11. The van der Waals surface area contributed by atoms with Gasteiger partial charge >= 0.3 is 0 Å². The summed E-state index contributed by atoms with van der Waals surface area (Å²) in [7, 11) is 0. The van der Waals surface area contributed by atoms with E-state index in [0.717, 1.165) is 12.8 Å². The molecule has 0 fully saturated rings. The second kappa shape index (κ2) is 6.72. The fraction of sp³-hybridized carbons (Fsp3) is 0.400. The van der Waals surface area contributed by atoms with Crippen molar-refractivity contribution in [1.29, 1.82) is 0 Å². The van der Waals surface area contributed by atoms with Crippen molar-refractivity contribution in [2.45, 2.75) is 37.2 Å². The highest BCUT2D eigenvalue weighted by Crippen LogP contribution is 2.40. The first-order chi connectivity index (χ1) is 10.7. The highest BCUT2D eigenvalue weighted by Gasteiger charge is 2.22. The predicted octanol–water partition coefficient (Wildman–Crippen LogP) is 5.91. The van der Waals surface area contributed by atoms with Crippen LogP contribution in [0.25, 0.3) is 0 Å². The summed E-state index contributed by atoms with van der Waals surface area (Å²) in [5.74, 6) is 0. The van der Waals surface area contributed by atoms with E-state index < -0.39 is 0 Å². The summed E-state index contributed by atoms with van der Waals surface area (Å²) in [4.78, 5) is 0. The molecule has 0 aliphatic heterocycles. The molecule has 0 aromatic heterocycles.